The van der Waals surface area contributed by atoms with Crippen LogP contribution >= 0.6 is 0 Å². The second-order valence-corrected chi connectivity index (χ2v) is 4.54. The number of aryl methyl sites for hydroxylation is 1. The molecule has 2 aromatic rings. The third-order valence-corrected chi connectivity index (χ3v) is 2.91. The maximum Gasteiger partial charge on any atom is 0.128 e. The molecule has 0 aliphatic heterocycles. The summed E-state index contributed by atoms with van der Waals surface area (Å²) in [6.07, 6.45) is 0. The Hall–Kier alpha value is -2.38. The van der Waals surface area contributed by atoms with Crippen LogP contribution in [0.4, 0.5) is 8.78 Å². The van der Waals surface area contributed by atoms with Crippen molar-refractivity contribution in [1.29, 1.82) is 0 Å². The normalized spacial score (nSPS) is 9.90. The van der Waals surface area contributed by atoms with Gasteiger partial charge >= 0.3 is 0 Å². The zero-order valence-electron chi connectivity index (χ0n) is 11.6. The minimum atomic E-state index is -0.440. The second-order valence-electron chi connectivity index (χ2n) is 4.54. The molecule has 108 valence electrons. The fraction of sp³-hybridized carbons (Fsp3) is 0.176. The van der Waals surface area contributed by atoms with E-state index < -0.39 is 5.82 Å². The maximum atomic E-state index is 13.5. The van der Waals surface area contributed by atoms with Crippen LogP contribution in [-0.2, 0) is 6.61 Å². The SMILES string of the molecule is Cc1ccc(F)cc1COc1cc(F)cc(C#CCN)c1. The van der Waals surface area contributed by atoms with E-state index in [4.69, 9.17) is 10.5 Å². The molecule has 0 aromatic heterocycles. The topological polar surface area (TPSA) is 35.2 Å². The molecule has 0 radical (unpaired) electrons. The zero-order valence-corrected chi connectivity index (χ0v) is 11.6. The number of hydrogen-bond acceptors (Lipinski definition) is 2. The summed E-state index contributed by atoms with van der Waals surface area (Å²) in [5.74, 6) is 4.99. The van der Waals surface area contributed by atoms with Crippen molar-refractivity contribution in [2.75, 3.05) is 6.54 Å². The molecule has 0 atom stereocenters. The lowest BCUT2D eigenvalue weighted by molar-refractivity contribution is 0.303. The van der Waals surface area contributed by atoms with Gasteiger partial charge in [0, 0.05) is 11.6 Å². The molecule has 0 bridgehead atoms. The molecule has 2 rings (SSSR count). The monoisotopic (exact) mass is 287 g/mol. The Balaban J connectivity index is 2.16. The van der Waals surface area contributed by atoms with Gasteiger partial charge in [-0.2, -0.15) is 0 Å². The van der Waals surface area contributed by atoms with Crippen molar-refractivity contribution in [3.8, 4) is 17.6 Å². The van der Waals surface area contributed by atoms with Gasteiger partial charge in [-0.25, -0.2) is 8.78 Å². The Bertz CT molecular complexity index is 702. The first-order chi connectivity index (χ1) is 10.1. The highest BCUT2D eigenvalue weighted by atomic mass is 19.1. The van der Waals surface area contributed by atoms with E-state index in [-0.39, 0.29) is 19.0 Å². The average molecular weight is 287 g/mol. The van der Waals surface area contributed by atoms with Gasteiger partial charge in [0.2, 0.25) is 0 Å². The van der Waals surface area contributed by atoms with Crippen molar-refractivity contribution in [3.05, 3.63) is 64.7 Å². The number of hydrogen-bond donors (Lipinski definition) is 1. The van der Waals surface area contributed by atoms with E-state index in [1.165, 1.54) is 24.3 Å². The standard InChI is InChI=1S/C17H15F2NO/c1-12-4-5-15(18)9-14(12)11-21-17-8-13(3-2-6-20)7-16(19)10-17/h4-5,7-10H,6,11,20H2,1H3. The van der Waals surface area contributed by atoms with Gasteiger partial charge in [-0.1, -0.05) is 17.9 Å². The molecule has 0 unspecified atom stereocenters. The number of ether oxygens (including phenoxy) is 1. The molecule has 2 aromatic carbocycles. The predicted molar refractivity (Wildman–Crippen MR) is 77.8 cm³/mol. The van der Waals surface area contributed by atoms with Crippen LogP contribution in [0.5, 0.6) is 5.75 Å². The molecular weight excluding hydrogens is 272 g/mol. The van der Waals surface area contributed by atoms with Crippen molar-refractivity contribution in [2.24, 2.45) is 5.73 Å². The third-order valence-electron chi connectivity index (χ3n) is 2.91. The molecular formula is C17H15F2NO. The zero-order chi connectivity index (χ0) is 15.2. The number of rotatable bonds is 3. The molecule has 0 saturated heterocycles. The van der Waals surface area contributed by atoms with Gasteiger partial charge in [0.15, 0.2) is 0 Å². The first-order valence-corrected chi connectivity index (χ1v) is 6.46. The van der Waals surface area contributed by atoms with Gasteiger partial charge in [0.25, 0.3) is 0 Å². The molecule has 0 fully saturated rings. The number of benzene rings is 2. The Kier molecular flexibility index (Phi) is 4.91. The highest BCUT2D eigenvalue weighted by Gasteiger charge is 2.04. The van der Waals surface area contributed by atoms with Crippen LogP contribution in [0.1, 0.15) is 16.7 Å². The van der Waals surface area contributed by atoms with E-state index in [2.05, 4.69) is 11.8 Å². The van der Waals surface area contributed by atoms with Crippen molar-refractivity contribution < 1.29 is 13.5 Å². The summed E-state index contributed by atoms with van der Waals surface area (Å²) < 4.78 is 32.2. The Morgan fingerprint density at radius 1 is 1.10 bits per heavy atom. The van der Waals surface area contributed by atoms with E-state index >= 15 is 0 Å². The Labute approximate surface area is 122 Å². The molecule has 21 heavy (non-hydrogen) atoms. The van der Waals surface area contributed by atoms with E-state index in [1.807, 2.05) is 6.92 Å². The van der Waals surface area contributed by atoms with Crippen molar-refractivity contribution in [1.82, 2.24) is 0 Å². The highest BCUT2D eigenvalue weighted by molar-refractivity contribution is 5.40. The smallest absolute Gasteiger partial charge is 0.128 e. The van der Waals surface area contributed by atoms with Gasteiger partial charge in [-0.15, -0.1) is 0 Å². The second kappa shape index (κ2) is 6.87. The van der Waals surface area contributed by atoms with Gasteiger partial charge in [-0.05, 0) is 42.3 Å². The van der Waals surface area contributed by atoms with Gasteiger partial charge in [0.05, 0.1) is 6.54 Å². The van der Waals surface area contributed by atoms with E-state index in [0.29, 0.717) is 16.9 Å². The Morgan fingerprint density at radius 2 is 1.90 bits per heavy atom. The minimum absolute atomic E-state index is 0.163. The van der Waals surface area contributed by atoms with Crippen LogP contribution in [0.2, 0.25) is 0 Å². The molecule has 0 heterocycles. The van der Waals surface area contributed by atoms with E-state index in [9.17, 15) is 8.78 Å². The number of nitrogens with two attached hydrogens (primary N) is 1. The van der Waals surface area contributed by atoms with Crippen LogP contribution in [0.3, 0.4) is 0 Å². The van der Waals surface area contributed by atoms with Crippen LogP contribution in [0.25, 0.3) is 0 Å². The lowest BCUT2D eigenvalue weighted by Gasteiger charge is -2.09. The van der Waals surface area contributed by atoms with Crippen molar-refractivity contribution in [2.45, 2.75) is 13.5 Å². The first kappa shape index (κ1) is 15.0. The molecule has 0 spiro atoms. The molecule has 0 saturated carbocycles. The maximum absolute atomic E-state index is 13.5. The summed E-state index contributed by atoms with van der Waals surface area (Å²) in [7, 11) is 0. The van der Waals surface area contributed by atoms with Crippen LogP contribution < -0.4 is 10.5 Å². The van der Waals surface area contributed by atoms with Crippen molar-refractivity contribution in [3.63, 3.8) is 0 Å². The van der Waals surface area contributed by atoms with Gasteiger partial charge < -0.3 is 10.5 Å². The van der Waals surface area contributed by atoms with Crippen molar-refractivity contribution >= 4 is 0 Å². The fourth-order valence-corrected chi connectivity index (χ4v) is 1.83. The average Bonchev–Trinajstić information content (AvgIpc) is 2.45. The fourth-order valence-electron chi connectivity index (χ4n) is 1.83. The quantitative estimate of drug-likeness (QED) is 0.880. The molecule has 0 aliphatic rings. The molecule has 2 N–H and O–H groups in total. The highest BCUT2D eigenvalue weighted by Crippen LogP contribution is 2.19. The summed E-state index contributed by atoms with van der Waals surface area (Å²) >= 11 is 0. The van der Waals surface area contributed by atoms with Gasteiger partial charge in [0.1, 0.15) is 24.0 Å². The summed E-state index contributed by atoms with van der Waals surface area (Å²) in [5.41, 5.74) is 7.41. The van der Waals surface area contributed by atoms with Crippen LogP contribution in [0.15, 0.2) is 36.4 Å². The minimum Gasteiger partial charge on any atom is -0.489 e. The molecule has 0 aliphatic carbocycles. The van der Waals surface area contributed by atoms with E-state index in [1.54, 1.807) is 12.1 Å². The molecule has 2 nitrogen and oxygen atoms in total. The first-order valence-electron chi connectivity index (χ1n) is 6.46. The summed E-state index contributed by atoms with van der Waals surface area (Å²) in [5, 5.41) is 0. The van der Waals surface area contributed by atoms with Crippen LogP contribution in [0, 0.1) is 30.4 Å². The summed E-state index contributed by atoms with van der Waals surface area (Å²) in [6, 6.07) is 8.68. The van der Waals surface area contributed by atoms with E-state index in [0.717, 1.165) is 5.56 Å². The largest absolute Gasteiger partial charge is 0.489 e. The summed E-state index contributed by atoms with van der Waals surface area (Å²) in [4.78, 5) is 0. The van der Waals surface area contributed by atoms with Crippen LogP contribution in [-0.4, -0.2) is 6.54 Å². The van der Waals surface area contributed by atoms with Gasteiger partial charge in [-0.3, -0.25) is 0 Å². The molecule has 4 heteroatoms. The number of halogens is 2. The lowest BCUT2D eigenvalue weighted by Crippen LogP contribution is -1.99. The third kappa shape index (κ3) is 4.30. The molecule has 0 amide bonds. The Morgan fingerprint density at radius 3 is 2.67 bits per heavy atom. The predicted octanol–water partition coefficient (Wildman–Crippen LogP) is 3.16. The lowest BCUT2D eigenvalue weighted by atomic mass is 10.1. The summed E-state index contributed by atoms with van der Waals surface area (Å²) in [6.45, 7) is 2.23.